The lowest BCUT2D eigenvalue weighted by Crippen LogP contribution is -2.32. The van der Waals surface area contributed by atoms with Gasteiger partial charge in [0.25, 0.3) is 0 Å². The number of nitro groups is 2. The standard InChI is InChI=1S/2C12H14F2N2O2/c2*13-12(14)10-7-15(8-11(10)16(17)18)6-9-4-2-1-3-5-9/h2*1-5,10-12H,6-8H2. The number of hydrogen-bond donors (Lipinski definition) is 0. The lowest BCUT2D eigenvalue weighted by molar-refractivity contribution is -0.528. The van der Waals surface area contributed by atoms with E-state index in [2.05, 4.69) is 0 Å². The topological polar surface area (TPSA) is 92.8 Å². The molecule has 0 spiro atoms. The summed E-state index contributed by atoms with van der Waals surface area (Å²) in [6, 6.07) is 16.4. The van der Waals surface area contributed by atoms with Crippen molar-refractivity contribution in [3.05, 3.63) is 92.0 Å². The van der Waals surface area contributed by atoms with Crippen LogP contribution in [0.4, 0.5) is 17.6 Å². The van der Waals surface area contributed by atoms with E-state index in [-0.39, 0.29) is 26.2 Å². The van der Waals surface area contributed by atoms with E-state index in [1.165, 1.54) is 0 Å². The highest BCUT2D eigenvalue weighted by molar-refractivity contribution is 5.15. The van der Waals surface area contributed by atoms with Crippen molar-refractivity contribution in [1.82, 2.24) is 9.80 Å². The number of alkyl halides is 4. The van der Waals surface area contributed by atoms with Crippen LogP contribution in [0.1, 0.15) is 11.1 Å². The third-order valence-electron chi connectivity index (χ3n) is 6.50. The summed E-state index contributed by atoms with van der Waals surface area (Å²) >= 11 is 0. The van der Waals surface area contributed by atoms with Crippen LogP contribution >= 0.6 is 0 Å². The zero-order valence-electron chi connectivity index (χ0n) is 19.4. The van der Waals surface area contributed by atoms with Crippen LogP contribution in [0, 0.1) is 32.1 Å². The Balaban J connectivity index is 0.000000201. The lowest BCUT2D eigenvalue weighted by atomic mass is 10.1. The fourth-order valence-electron chi connectivity index (χ4n) is 4.67. The highest BCUT2D eigenvalue weighted by Crippen LogP contribution is 2.27. The van der Waals surface area contributed by atoms with E-state index >= 15 is 0 Å². The second kappa shape index (κ2) is 12.7. The molecular weight excluding hydrogens is 484 g/mol. The van der Waals surface area contributed by atoms with Crippen molar-refractivity contribution in [3.63, 3.8) is 0 Å². The molecule has 2 aromatic carbocycles. The molecule has 4 rings (SSSR count). The van der Waals surface area contributed by atoms with Crippen molar-refractivity contribution in [3.8, 4) is 0 Å². The van der Waals surface area contributed by atoms with E-state index in [0.29, 0.717) is 13.1 Å². The molecule has 2 heterocycles. The zero-order valence-corrected chi connectivity index (χ0v) is 19.4. The van der Waals surface area contributed by atoms with Crippen LogP contribution in [0.25, 0.3) is 0 Å². The van der Waals surface area contributed by atoms with E-state index in [0.717, 1.165) is 11.1 Å². The Hall–Kier alpha value is -3.12. The summed E-state index contributed by atoms with van der Waals surface area (Å²) in [6.07, 6.45) is -5.28. The van der Waals surface area contributed by atoms with Gasteiger partial charge in [0, 0.05) is 36.0 Å². The van der Waals surface area contributed by atoms with Gasteiger partial charge in [-0.05, 0) is 11.1 Å². The third-order valence-corrected chi connectivity index (χ3v) is 6.50. The Bertz CT molecular complexity index is 907. The molecule has 196 valence electrons. The minimum Gasteiger partial charge on any atom is -0.292 e. The van der Waals surface area contributed by atoms with E-state index in [1.54, 1.807) is 9.80 Å². The number of halogens is 4. The minimum absolute atomic E-state index is 0.0816. The summed E-state index contributed by atoms with van der Waals surface area (Å²) in [5, 5.41) is 21.5. The first-order valence-electron chi connectivity index (χ1n) is 11.5. The van der Waals surface area contributed by atoms with Crippen LogP contribution in [0.3, 0.4) is 0 Å². The maximum Gasteiger partial charge on any atom is 0.249 e. The number of nitrogens with zero attached hydrogens (tertiary/aromatic N) is 4. The lowest BCUT2D eigenvalue weighted by Gasteiger charge is -2.14. The largest absolute Gasteiger partial charge is 0.292 e. The number of benzene rings is 2. The molecule has 4 atom stereocenters. The molecule has 2 fully saturated rings. The van der Waals surface area contributed by atoms with E-state index in [9.17, 15) is 37.8 Å². The monoisotopic (exact) mass is 512 g/mol. The molecule has 4 unspecified atom stereocenters. The van der Waals surface area contributed by atoms with Crippen LogP contribution in [-0.4, -0.2) is 70.8 Å². The first-order valence-corrected chi connectivity index (χ1v) is 11.5. The van der Waals surface area contributed by atoms with Crippen LogP contribution in [0.5, 0.6) is 0 Å². The summed E-state index contributed by atoms with van der Waals surface area (Å²) in [5.41, 5.74) is 1.96. The molecule has 12 heteroatoms. The minimum atomic E-state index is -2.64. The molecule has 36 heavy (non-hydrogen) atoms. The van der Waals surface area contributed by atoms with Gasteiger partial charge in [0.2, 0.25) is 24.9 Å². The molecule has 0 aromatic heterocycles. The highest BCUT2D eigenvalue weighted by atomic mass is 19.3. The number of rotatable bonds is 8. The average Bonchev–Trinajstić information content (AvgIpc) is 3.46. The second-order valence-corrected chi connectivity index (χ2v) is 9.06. The van der Waals surface area contributed by atoms with Crippen LogP contribution in [0.15, 0.2) is 60.7 Å². The molecule has 0 N–H and O–H groups in total. The molecule has 2 aromatic rings. The van der Waals surface area contributed by atoms with Crippen molar-refractivity contribution < 1.29 is 27.4 Å². The first kappa shape index (κ1) is 27.5. The van der Waals surface area contributed by atoms with Gasteiger partial charge in [-0.25, -0.2) is 17.6 Å². The number of hydrogen-bond acceptors (Lipinski definition) is 6. The summed E-state index contributed by atoms with van der Waals surface area (Å²) in [4.78, 5) is 23.8. The summed E-state index contributed by atoms with van der Waals surface area (Å²) in [7, 11) is 0. The third kappa shape index (κ3) is 7.44. The summed E-state index contributed by atoms with van der Waals surface area (Å²) in [5.74, 6) is -2.33. The van der Waals surface area contributed by atoms with Crippen LogP contribution in [-0.2, 0) is 13.1 Å². The SMILES string of the molecule is O=[N+]([O-])C1CN(Cc2ccccc2)CC1C(F)F.O=[N+]([O-])C1CN(Cc2ccccc2)CC1C(F)F. The zero-order chi connectivity index (χ0) is 26.2. The van der Waals surface area contributed by atoms with Gasteiger partial charge in [-0.1, -0.05) is 60.7 Å². The smallest absolute Gasteiger partial charge is 0.249 e. The van der Waals surface area contributed by atoms with Gasteiger partial charge in [-0.15, -0.1) is 0 Å². The maximum absolute atomic E-state index is 12.7. The normalized spacial score (nSPS) is 24.6. The number of likely N-dealkylation sites (tertiary alicyclic amines) is 2. The van der Waals surface area contributed by atoms with Crippen molar-refractivity contribution in [2.75, 3.05) is 26.2 Å². The predicted octanol–water partition coefficient (Wildman–Crippen LogP) is 4.06. The Labute approximate surface area is 205 Å². The Morgan fingerprint density at radius 3 is 1.25 bits per heavy atom. The van der Waals surface area contributed by atoms with E-state index in [4.69, 9.17) is 0 Å². The molecule has 8 nitrogen and oxygen atoms in total. The molecule has 0 radical (unpaired) electrons. The first-order chi connectivity index (χ1) is 17.2. The predicted molar refractivity (Wildman–Crippen MR) is 124 cm³/mol. The molecule has 2 aliphatic rings. The molecule has 2 saturated heterocycles. The summed E-state index contributed by atoms with van der Waals surface area (Å²) in [6.45, 7) is 1.31. The van der Waals surface area contributed by atoms with E-state index in [1.807, 2.05) is 60.7 Å². The highest BCUT2D eigenvalue weighted by Gasteiger charge is 2.46. The van der Waals surface area contributed by atoms with Gasteiger partial charge in [-0.2, -0.15) is 0 Å². The summed E-state index contributed by atoms with van der Waals surface area (Å²) < 4.78 is 50.9. The van der Waals surface area contributed by atoms with Crippen molar-refractivity contribution in [2.24, 2.45) is 11.8 Å². The van der Waals surface area contributed by atoms with Crippen molar-refractivity contribution in [1.29, 1.82) is 0 Å². The average molecular weight is 513 g/mol. The molecule has 0 bridgehead atoms. The molecular formula is C24H28F4N4O4. The van der Waals surface area contributed by atoms with Gasteiger partial charge in [0.1, 0.15) is 11.8 Å². The molecule has 2 aliphatic heterocycles. The van der Waals surface area contributed by atoms with Gasteiger partial charge in [0.15, 0.2) is 0 Å². The van der Waals surface area contributed by atoms with Crippen molar-refractivity contribution in [2.45, 2.75) is 38.0 Å². The fourth-order valence-corrected chi connectivity index (χ4v) is 4.67. The van der Waals surface area contributed by atoms with Crippen molar-refractivity contribution >= 4 is 0 Å². The molecule has 0 saturated carbocycles. The van der Waals surface area contributed by atoms with Gasteiger partial charge in [-0.3, -0.25) is 30.0 Å². The fraction of sp³-hybridized carbons (Fsp3) is 0.500. The van der Waals surface area contributed by atoms with Gasteiger partial charge < -0.3 is 0 Å². The van der Waals surface area contributed by atoms with Gasteiger partial charge >= 0.3 is 0 Å². The van der Waals surface area contributed by atoms with E-state index < -0.39 is 46.6 Å². The Kier molecular flexibility index (Phi) is 9.71. The maximum atomic E-state index is 12.7. The molecule has 0 aliphatic carbocycles. The van der Waals surface area contributed by atoms with Crippen LogP contribution < -0.4 is 0 Å². The quantitative estimate of drug-likeness (QED) is 0.301. The van der Waals surface area contributed by atoms with Crippen LogP contribution in [0.2, 0.25) is 0 Å². The second-order valence-electron chi connectivity index (χ2n) is 9.06. The Morgan fingerprint density at radius 1 is 0.667 bits per heavy atom. The Morgan fingerprint density at radius 2 is 1.00 bits per heavy atom. The van der Waals surface area contributed by atoms with Gasteiger partial charge in [0.05, 0.1) is 13.1 Å². The molecule has 0 amide bonds.